The topological polar surface area (TPSA) is 79.3 Å². The van der Waals surface area contributed by atoms with Crippen molar-refractivity contribution in [2.45, 2.75) is 19.4 Å². The molecule has 0 aromatic heterocycles. The van der Waals surface area contributed by atoms with E-state index < -0.39 is 17.7 Å². The Bertz CT molecular complexity index is 1150. The quantitative estimate of drug-likeness (QED) is 0.204. The van der Waals surface area contributed by atoms with Crippen molar-refractivity contribution < 1.29 is 24.2 Å². The predicted molar refractivity (Wildman–Crippen MR) is 141 cm³/mol. The largest absolute Gasteiger partial charge is 0.507 e. The number of ketones is 1. The highest BCUT2D eigenvalue weighted by Gasteiger charge is 2.45. The summed E-state index contributed by atoms with van der Waals surface area (Å²) in [5.74, 6) is -0.237. The van der Waals surface area contributed by atoms with Gasteiger partial charge in [0.05, 0.1) is 11.6 Å². The van der Waals surface area contributed by atoms with E-state index in [-0.39, 0.29) is 11.3 Å². The Morgan fingerprint density at radius 2 is 1.64 bits per heavy atom. The van der Waals surface area contributed by atoms with Crippen LogP contribution in [0.4, 0.5) is 0 Å². The molecule has 1 amide bonds. The average molecular weight is 491 g/mol. The molecule has 1 saturated heterocycles. The van der Waals surface area contributed by atoms with Gasteiger partial charge < -0.3 is 24.4 Å². The molecule has 1 aliphatic heterocycles. The summed E-state index contributed by atoms with van der Waals surface area (Å²) in [7, 11) is 3.91. The number of amides is 1. The number of carbonyl (C=O) groups excluding carboxylic acids is 2. The molecule has 1 atom stereocenters. The van der Waals surface area contributed by atoms with Gasteiger partial charge in [-0.1, -0.05) is 37.4 Å². The number of Topliss-reactive ketones (excluding diaryl/α,β-unsaturated/α-hetero) is 1. The highest BCUT2D eigenvalue weighted by Crippen LogP contribution is 2.40. The van der Waals surface area contributed by atoms with Gasteiger partial charge in [-0.3, -0.25) is 9.59 Å². The molecule has 7 nitrogen and oxygen atoms in total. The summed E-state index contributed by atoms with van der Waals surface area (Å²) in [6.07, 6.45) is 3.99. The number of hydrogen-bond acceptors (Lipinski definition) is 6. The minimum atomic E-state index is -0.711. The summed E-state index contributed by atoms with van der Waals surface area (Å²) in [4.78, 5) is 30.0. The van der Waals surface area contributed by atoms with Gasteiger partial charge in [0, 0.05) is 12.1 Å². The second-order valence-corrected chi connectivity index (χ2v) is 8.89. The van der Waals surface area contributed by atoms with Crippen molar-refractivity contribution in [3.8, 4) is 11.5 Å². The SMILES string of the molecule is C=CCOc1ccc([C@@H]2C(=C(O)c3ccc(OCC=C)cc3C)C(=O)C(=O)N2CCCN(C)C)cc1. The van der Waals surface area contributed by atoms with Gasteiger partial charge >= 0.3 is 0 Å². The van der Waals surface area contributed by atoms with E-state index in [9.17, 15) is 14.7 Å². The summed E-state index contributed by atoms with van der Waals surface area (Å²) in [6.45, 7) is 11.0. The lowest BCUT2D eigenvalue weighted by Gasteiger charge is -2.26. The molecule has 1 N–H and O–H groups in total. The standard InChI is InChI=1S/C29H34N2O5/c1-6-17-35-22-11-9-21(10-12-22)26-25(28(33)29(34)31(26)16-8-15-30(4)5)27(32)24-14-13-23(19-20(24)3)36-18-7-2/h6-7,9-14,19,26,32H,1-2,8,15-18H2,3-5H3/t26-/m1/s1. The zero-order valence-corrected chi connectivity index (χ0v) is 21.2. The molecule has 2 aromatic rings. The van der Waals surface area contributed by atoms with Crippen LogP contribution in [0.15, 0.2) is 73.3 Å². The van der Waals surface area contributed by atoms with Gasteiger partial charge in [-0.15, -0.1) is 0 Å². The lowest BCUT2D eigenvalue weighted by atomic mass is 9.93. The highest BCUT2D eigenvalue weighted by molar-refractivity contribution is 6.46. The van der Waals surface area contributed by atoms with E-state index >= 15 is 0 Å². The number of ether oxygens (including phenoxy) is 2. The Labute approximate surface area is 212 Å². The Kier molecular flexibility index (Phi) is 9.08. The Hall–Kier alpha value is -3.84. The van der Waals surface area contributed by atoms with Crippen LogP contribution < -0.4 is 9.47 Å². The number of aliphatic hydroxyl groups excluding tert-OH is 1. The molecule has 7 heteroatoms. The molecule has 0 aliphatic carbocycles. The first-order valence-corrected chi connectivity index (χ1v) is 11.9. The molecule has 2 aromatic carbocycles. The van der Waals surface area contributed by atoms with Crippen molar-refractivity contribution in [1.82, 2.24) is 9.80 Å². The first kappa shape index (κ1) is 26.8. The molecule has 1 heterocycles. The summed E-state index contributed by atoms with van der Waals surface area (Å²) in [5, 5.41) is 11.4. The van der Waals surface area contributed by atoms with Gasteiger partial charge in [0.1, 0.15) is 30.5 Å². The summed E-state index contributed by atoms with van der Waals surface area (Å²) in [6, 6.07) is 11.7. The Balaban J connectivity index is 2.05. The fourth-order valence-corrected chi connectivity index (χ4v) is 4.21. The first-order valence-electron chi connectivity index (χ1n) is 11.9. The van der Waals surface area contributed by atoms with E-state index in [0.29, 0.717) is 43.2 Å². The number of rotatable bonds is 12. The van der Waals surface area contributed by atoms with Crippen molar-refractivity contribution in [3.05, 3.63) is 90.0 Å². The van der Waals surface area contributed by atoms with E-state index in [4.69, 9.17) is 9.47 Å². The molecule has 0 unspecified atom stereocenters. The van der Waals surface area contributed by atoms with Gasteiger partial charge in [0.15, 0.2) is 0 Å². The maximum Gasteiger partial charge on any atom is 0.295 e. The monoisotopic (exact) mass is 490 g/mol. The minimum Gasteiger partial charge on any atom is -0.507 e. The Morgan fingerprint density at radius 3 is 2.22 bits per heavy atom. The van der Waals surface area contributed by atoms with E-state index in [0.717, 1.165) is 17.7 Å². The van der Waals surface area contributed by atoms with Crippen LogP contribution in [-0.4, -0.2) is 67.0 Å². The van der Waals surface area contributed by atoms with Gasteiger partial charge in [-0.25, -0.2) is 0 Å². The van der Waals surface area contributed by atoms with Crippen molar-refractivity contribution in [3.63, 3.8) is 0 Å². The lowest BCUT2D eigenvalue weighted by molar-refractivity contribution is -0.139. The smallest absolute Gasteiger partial charge is 0.295 e. The van der Waals surface area contributed by atoms with Crippen LogP contribution in [0, 0.1) is 6.92 Å². The molecule has 0 bridgehead atoms. The van der Waals surface area contributed by atoms with Crippen molar-refractivity contribution in [2.75, 3.05) is 40.4 Å². The van der Waals surface area contributed by atoms with Crippen molar-refractivity contribution >= 4 is 17.4 Å². The second kappa shape index (κ2) is 12.2. The lowest BCUT2D eigenvalue weighted by Crippen LogP contribution is -2.32. The van der Waals surface area contributed by atoms with Gasteiger partial charge in [-0.2, -0.15) is 0 Å². The van der Waals surface area contributed by atoms with Crippen LogP contribution in [0.2, 0.25) is 0 Å². The van der Waals surface area contributed by atoms with Crippen molar-refractivity contribution in [1.29, 1.82) is 0 Å². The summed E-state index contributed by atoms with van der Waals surface area (Å²) < 4.78 is 11.2. The Morgan fingerprint density at radius 1 is 1.03 bits per heavy atom. The molecular formula is C29H34N2O5. The third kappa shape index (κ3) is 6.04. The van der Waals surface area contributed by atoms with Crippen LogP contribution in [0.1, 0.15) is 29.2 Å². The third-order valence-corrected chi connectivity index (χ3v) is 5.93. The summed E-state index contributed by atoms with van der Waals surface area (Å²) in [5.41, 5.74) is 1.99. The van der Waals surface area contributed by atoms with Crippen LogP contribution in [-0.2, 0) is 9.59 Å². The first-order chi connectivity index (χ1) is 17.3. The van der Waals surface area contributed by atoms with Crippen LogP contribution in [0.3, 0.4) is 0 Å². The van der Waals surface area contributed by atoms with E-state index in [1.54, 1.807) is 47.4 Å². The molecule has 0 saturated carbocycles. The maximum absolute atomic E-state index is 13.2. The maximum atomic E-state index is 13.2. The van der Waals surface area contributed by atoms with Crippen LogP contribution >= 0.6 is 0 Å². The van der Waals surface area contributed by atoms with Gasteiger partial charge in [0.2, 0.25) is 0 Å². The van der Waals surface area contributed by atoms with Crippen LogP contribution in [0.25, 0.3) is 5.76 Å². The fourth-order valence-electron chi connectivity index (χ4n) is 4.21. The number of hydrogen-bond donors (Lipinski definition) is 1. The van der Waals surface area contributed by atoms with Crippen LogP contribution in [0.5, 0.6) is 11.5 Å². The van der Waals surface area contributed by atoms with Gasteiger partial charge in [-0.05, 0) is 75.4 Å². The number of benzene rings is 2. The molecule has 1 aliphatic rings. The molecule has 0 spiro atoms. The van der Waals surface area contributed by atoms with E-state index in [2.05, 4.69) is 13.2 Å². The fraction of sp³-hybridized carbons (Fsp3) is 0.310. The highest BCUT2D eigenvalue weighted by atomic mass is 16.5. The molecule has 190 valence electrons. The zero-order chi connectivity index (χ0) is 26.2. The number of aryl methyl sites for hydroxylation is 1. The van der Waals surface area contributed by atoms with Crippen molar-refractivity contribution in [2.24, 2.45) is 0 Å². The minimum absolute atomic E-state index is 0.0764. The molecular weight excluding hydrogens is 456 g/mol. The number of likely N-dealkylation sites (tertiary alicyclic amines) is 1. The second-order valence-electron chi connectivity index (χ2n) is 8.89. The number of nitrogens with zero attached hydrogens (tertiary/aromatic N) is 2. The normalized spacial score (nSPS) is 16.9. The van der Waals surface area contributed by atoms with Gasteiger partial charge in [0.25, 0.3) is 11.7 Å². The predicted octanol–water partition coefficient (Wildman–Crippen LogP) is 4.50. The molecule has 1 fully saturated rings. The third-order valence-electron chi connectivity index (χ3n) is 5.93. The molecule has 3 rings (SSSR count). The molecule has 36 heavy (non-hydrogen) atoms. The molecule has 0 radical (unpaired) electrons. The number of carbonyl (C=O) groups is 2. The average Bonchev–Trinajstić information content (AvgIpc) is 3.11. The van der Waals surface area contributed by atoms with E-state index in [1.165, 1.54) is 0 Å². The zero-order valence-electron chi connectivity index (χ0n) is 21.2. The van der Waals surface area contributed by atoms with E-state index in [1.807, 2.05) is 38.1 Å². The summed E-state index contributed by atoms with van der Waals surface area (Å²) >= 11 is 0. The number of aliphatic hydroxyl groups is 1.